The molecule has 2 aliphatic heterocycles. The van der Waals surface area contributed by atoms with E-state index in [1.807, 2.05) is 0 Å². The van der Waals surface area contributed by atoms with E-state index in [-0.39, 0.29) is 21.9 Å². The van der Waals surface area contributed by atoms with E-state index in [1.165, 1.54) is 30.3 Å². The molecule has 2 aromatic carbocycles. The Morgan fingerprint density at radius 3 is 2.29 bits per heavy atom. The number of hydrogen-bond donors (Lipinski definition) is 0. The number of alkyl halides is 2. The Bertz CT molecular complexity index is 1360. The van der Waals surface area contributed by atoms with E-state index in [2.05, 4.69) is 0 Å². The van der Waals surface area contributed by atoms with Gasteiger partial charge in [0.1, 0.15) is 6.04 Å². The number of hydrogen-bond acceptors (Lipinski definition) is 4. The maximum Gasteiger partial charge on any atom is 0.348 e. The average molecular weight is 521 g/mol. The predicted molar refractivity (Wildman–Crippen MR) is 138 cm³/mol. The molecule has 2 aliphatic rings. The summed E-state index contributed by atoms with van der Waals surface area (Å²) in [5.41, 5.74) is 0.163. The molecule has 1 unspecified atom stereocenters. The van der Waals surface area contributed by atoms with Crippen LogP contribution in [-0.4, -0.2) is 91.5 Å². The summed E-state index contributed by atoms with van der Waals surface area (Å²) >= 11 is 5.72. The summed E-state index contributed by atoms with van der Waals surface area (Å²) in [5, 5.41) is -4.67. The summed E-state index contributed by atoms with van der Waals surface area (Å²) in [5.74, 6) is -8.64. The lowest BCUT2D eigenvalue weighted by Gasteiger charge is -2.55. The number of amides is 4. The highest BCUT2D eigenvalue weighted by atomic mass is 35.5. The van der Waals surface area contributed by atoms with Crippen LogP contribution in [0, 0.1) is 0 Å². The SMILES string of the molecule is [B]N(Cc1ccc2c(c1)CN(C1C(=O)N([B])C(=O)C([B])([B])C1([B])[B])C2=O)C(=O)C(F)(F)c1ccc(Cl)cc1. The zero-order chi connectivity index (χ0) is 28.4. The molecule has 12 radical (unpaired) electrons. The highest BCUT2D eigenvalue weighted by Gasteiger charge is 2.58. The summed E-state index contributed by atoms with van der Waals surface area (Å²) in [4.78, 5) is 52.1. The van der Waals surface area contributed by atoms with Gasteiger partial charge in [-0.25, -0.2) is 0 Å². The smallest absolute Gasteiger partial charge is 0.348 e. The van der Waals surface area contributed by atoms with Gasteiger partial charge in [0.15, 0.2) is 0 Å². The van der Waals surface area contributed by atoms with Gasteiger partial charge >= 0.3 is 5.92 Å². The predicted octanol–water partition coefficient (Wildman–Crippen LogP) is 0.227. The molecule has 16 heteroatoms. The number of nitrogens with zero attached hydrogens (tertiary/aromatic N) is 3. The van der Waals surface area contributed by atoms with Crippen molar-refractivity contribution in [2.24, 2.45) is 0 Å². The van der Waals surface area contributed by atoms with E-state index in [0.29, 0.717) is 15.9 Å². The van der Waals surface area contributed by atoms with Crippen molar-refractivity contribution in [2.45, 2.75) is 35.5 Å². The fraction of sp³-hybridized carbons (Fsp3) is 0.273. The Kier molecular flexibility index (Phi) is 6.92. The van der Waals surface area contributed by atoms with E-state index < -0.39 is 58.1 Å². The molecule has 38 heavy (non-hydrogen) atoms. The van der Waals surface area contributed by atoms with Crippen molar-refractivity contribution >= 4 is 82.6 Å². The van der Waals surface area contributed by atoms with E-state index >= 15 is 0 Å². The zero-order valence-corrected chi connectivity index (χ0v) is 20.4. The number of imide groups is 1. The van der Waals surface area contributed by atoms with Gasteiger partial charge in [-0.15, -0.1) is 0 Å². The molecule has 178 valence electrons. The van der Waals surface area contributed by atoms with Crippen LogP contribution < -0.4 is 0 Å². The Hall–Kier alpha value is -2.94. The van der Waals surface area contributed by atoms with Crippen molar-refractivity contribution in [1.82, 2.24) is 14.5 Å². The van der Waals surface area contributed by atoms with Gasteiger partial charge in [-0.1, -0.05) is 41.1 Å². The van der Waals surface area contributed by atoms with Gasteiger partial charge in [0.05, 0.1) is 31.4 Å². The van der Waals surface area contributed by atoms with Gasteiger partial charge < -0.3 is 14.5 Å². The quantitative estimate of drug-likeness (QED) is 0.418. The van der Waals surface area contributed by atoms with E-state index in [9.17, 15) is 28.0 Å². The Labute approximate surface area is 230 Å². The second-order valence-corrected chi connectivity index (χ2v) is 9.59. The molecule has 4 rings (SSSR count). The second kappa shape index (κ2) is 9.36. The standard InChI is InChI=1S/C22H12B6ClF2N3O4/c23-21(24)15(17(36)34(28)19(38)22(21,25)26)32-9-11-7-10(1-6-14(11)16(32)35)8-33(27)18(37)20(30,31)12-2-4-13(29)5-3-12/h1-7,15H,8-9H2. The number of carbonyl (C=O) groups is 4. The number of halogens is 3. The third kappa shape index (κ3) is 4.28. The first-order chi connectivity index (χ1) is 17.5. The van der Waals surface area contributed by atoms with Crippen LogP contribution in [0.3, 0.4) is 0 Å². The molecular formula is C22H12B6ClF2N3O4. The molecule has 0 aromatic heterocycles. The molecule has 0 N–H and O–H groups in total. The minimum Gasteiger partial charge on any atom is -0.387 e. The van der Waals surface area contributed by atoms with Crippen LogP contribution in [0.2, 0.25) is 15.5 Å². The molecule has 2 heterocycles. The number of piperidine rings is 1. The average Bonchev–Trinajstić information content (AvgIpc) is 3.16. The Morgan fingerprint density at radius 1 is 1.08 bits per heavy atom. The zero-order valence-electron chi connectivity index (χ0n) is 19.6. The number of fused-ring (bicyclic) bond motifs is 1. The van der Waals surface area contributed by atoms with Crippen LogP contribution in [0.1, 0.15) is 27.0 Å². The molecule has 0 aliphatic carbocycles. The van der Waals surface area contributed by atoms with Crippen LogP contribution in [0.15, 0.2) is 42.5 Å². The summed E-state index contributed by atoms with van der Waals surface area (Å²) < 4.78 is 29.4. The highest BCUT2D eigenvalue weighted by Crippen LogP contribution is 2.52. The van der Waals surface area contributed by atoms with Crippen molar-refractivity contribution in [3.05, 3.63) is 69.7 Å². The van der Waals surface area contributed by atoms with Gasteiger partial charge in [-0.3, -0.25) is 19.2 Å². The van der Waals surface area contributed by atoms with Crippen molar-refractivity contribution in [1.29, 1.82) is 0 Å². The first-order valence-electron chi connectivity index (χ1n) is 10.9. The van der Waals surface area contributed by atoms with E-state index in [4.69, 9.17) is 58.9 Å². The van der Waals surface area contributed by atoms with Gasteiger partial charge in [0, 0.05) is 29.2 Å². The summed E-state index contributed by atoms with van der Waals surface area (Å²) in [6.07, 6.45) is 0. The molecule has 1 fully saturated rings. The molecule has 0 bridgehead atoms. The van der Waals surface area contributed by atoms with Crippen LogP contribution in [0.5, 0.6) is 0 Å². The lowest BCUT2D eigenvalue weighted by Crippen LogP contribution is -2.67. The summed E-state index contributed by atoms with van der Waals surface area (Å²) in [6.45, 7) is -0.685. The van der Waals surface area contributed by atoms with Crippen molar-refractivity contribution < 1.29 is 28.0 Å². The molecule has 4 amide bonds. The van der Waals surface area contributed by atoms with Crippen molar-refractivity contribution in [3.63, 3.8) is 0 Å². The number of rotatable bonds is 5. The first-order valence-corrected chi connectivity index (χ1v) is 11.3. The third-order valence-corrected chi connectivity index (χ3v) is 6.87. The minimum absolute atomic E-state index is 0.124. The van der Waals surface area contributed by atoms with Gasteiger partial charge in [0.25, 0.3) is 11.8 Å². The fourth-order valence-electron chi connectivity index (χ4n) is 4.37. The van der Waals surface area contributed by atoms with Crippen LogP contribution in [-0.2, 0) is 33.4 Å². The van der Waals surface area contributed by atoms with Gasteiger partial charge in [-0.2, -0.15) is 8.78 Å². The lowest BCUT2D eigenvalue weighted by molar-refractivity contribution is -0.154. The largest absolute Gasteiger partial charge is 0.387 e. The molecule has 0 spiro atoms. The number of carbonyl (C=O) groups excluding carboxylic acids is 4. The Balaban J connectivity index is 1.56. The summed E-state index contributed by atoms with van der Waals surface area (Å²) in [7, 11) is 34.8. The highest BCUT2D eigenvalue weighted by molar-refractivity contribution is 6.65. The number of benzene rings is 2. The van der Waals surface area contributed by atoms with Crippen molar-refractivity contribution in [3.8, 4) is 0 Å². The third-order valence-electron chi connectivity index (χ3n) is 6.62. The van der Waals surface area contributed by atoms with E-state index in [0.717, 1.165) is 17.0 Å². The molecule has 1 saturated heterocycles. The molecular weight excluding hydrogens is 509 g/mol. The maximum atomic E-state index is 14.7. The maximum absolute atomic E-state index is 14.7. The van der Waals surface area contributed by atoms with Gasteiger partial charge in [0.2, 0.25) is 27.8 Å². The van der Waals surface area contributed by atoms with Crippen LogP contribution in [0.4, 0.5) is 8.78 Å². The van der Waals surface area contributed by atoms with Crippen LogP contribution in [0.25, 0.3) is 0 Å². The fourth-order valence-corrected chi connectivity index (χ4v) is 4.50. The summed E-state index contributed by atoms with van der Waals surface area (Å²) in [6, 6.07) is 6.93. The van der Waals surface area contributed by atoms with Crippen molar-refractivity contribution in [2.75, 3.05) is 0 Å². The lowest BCUT2D eigenvalue weighted by atomic mass is 9.26. The topological polar surface area (TPSA) is 78.0 Å². The van der Waals surface area contributed by atoms with E-state index in [1.54, 1.807) is 0 Å². The first kappa shape index (κ1) is 28.1. The molecule has 2 aromatic rings. The Morgan fingerprint density at radius 2 is 1.68 bits per heavy atom. The minimum atomic E-state index is -3.93. The van der Waals surface area contributed by atoms with Crippen LogP contribution >= 0.6 is 11.6 Å². The molecule has 7 nitrogen and oxygen atoms in total. The second-order valence-electron chi connectivity index (χ2n) is 9.16. The molecule has 0 saturated carbocycles. The molecule has 1 atom stereocenters. The van der Waals surface area contributed by atoms with Gasteiger partial charge in [-0.05, 0) is 34.5 Å². The normalized spacial score (nSPS) is 20.4. The monoisotopic (exact) mass is 521 g/mol.